The molecular weight excluding hydrogens is 233 g/mol. The molecule has 0 aliphatic rings. The Morgan fingerprint density at radius 2 is 2.06 bits per heavy atom. The molecule has 17 heavy (non-hydrogen) atoms. The summed E-state index contributed by atoms with van der Waals surface area (Å²) in [5.74, 6) is 1.56. The third-order valence-electron chi connectivity index (χ3n) is 2.82. The summed E-state index contributed by atoms with van der Waals surface area (Å²) in [7, 11) is 0. The molecule has 0 fully saturated rings. The average Bonchev–Trinajstić information content (AvgIpc) is 2.29. The fourth-order valence-electron chi connectivity index (χ4n) is 1.54. The van der Waals surface area contributed by atoms with Crippen LogP contribution in [-0.4, -0.2) is 11.8 Å². The van der Waals surface area contributed by atoms with Crippen LogP contribution in [0.4, 0.5) is 4.39 Å². The molecule has 1 aromatic rings. The van der Waals surface area contributed by atoms with E-state index < -0.39 is 0 Å². The van der Waals surface area contributed by atoms with Crippen molar-refractivity contribution in [3.05, 3.63) is 29.6 Å². The van der Waals surface area contributed by atoms with Crippen LogP contribution in [0.15, 0.2) is 23.1 Å². The van der Waals surface area contributed by atoms with Crippen molar-refractivity contribution in [3.63, 3.8) is 0 Å². The Kier molecular flexibility index (Phi) is 6.00. The molecule has 1 nitrogen and oxygen atoms in total. The van der Waals surface area contributed by atoms with Gasteiger partial charge in [-0.05, 0) is 31.4 Å². The zero-order valence-corrected chi connectivity index (χ0v) is 11.7. The van der Waals surface area contributed by atoms with Crippen molar-refractivity contribution in [1.82, 2.24) is 0 Å². The third-order valence-corrected chi connectivity index (χ3v) is 4.25. The van der Waals surface area contributed by atoms with Gasteiger partial charge in [-0.25, -0.2) is 4.39 Å². The lowest BCUT2D eigenvalue weighted by molar-refractivity contribution is 0.588. The lowest BCUT2D eigenvalue weighted by Crippen LogP contribution is -2.19. The summed E-state index contributed by atoms with van der Waals surface area (Å²) in [6, 6.07) is 5.28. The van der Waals surface area contributed by atoms with E-state index in [4.69, 9.17) is 5.73 Å². The van der Waals surface area contributed by atoms with E-state index in [1.165, 1.54) is 6.07 Å². The number of halogens is 1. The van der Waals surface area contributed by atoms with Crippen molar-refractivity contribution >= 4 is 11.8 Å². The number of rotatable bonds is 6. The highest BCUT2D eigenvalue weighted by molar-refractivity contribution is 7.99. The van der Waals surface area contributed by atoms with Gasteiger partial charge in [0.1, 0.15) is 5.82 Å². The summed E-state index contributed by atoms with van der Waals surface area (Å²) in [6.07, 6.45) is 1.76. The number of hydrogen-bond acceptors (Lipinski definition) is 2. The normalized spacial score (nSPS) is 14.6. The summed E-state index contributed by atoms with van der Waals surface area (Å²) in [6.45, 7) is 6.31. The average molecular weight is 255 g/mol. The van der Waals surface area contributed by atoms with Crippen LogP contribution in [0, 0.1) is 11.7 Å². The highest BCUT2D eigenvalue weighted by Gasteiger charge is 2.11. The van der Waals surface area contributed by atoms with E-state index in [-0.39, 0.29) is 11.9 Å². The molecule has 2 N–H and O–H groups in total. The fraction of sp³-hybridized carbons (Fsp3) is 0.571. The van der Waals surface area contributed by atoms with Crippen LogP contribution in [-0.2, 0) is 6.42 Å². The molecule has 0 aromatic heterocycles. The number of nitrogens with two attached hydrogens (primary N) is 1. The van der Waals surface area contributed by atoms with Gasteiger partial charge >= 0.3 is 0 Å². The monoisotopic (exact) mass is 255 g/mol. The maximum absolute atomic E-state index is 13.7. The highest BCUT2D eigenvalue weighted by atomic mass is 32.2. The first-order valence-corrected chi connectivity index (χ1v) is 7.18. The quantitative estimate of drug-likeness (QED) is 0.781. The van der Waals surface area contributed by atoms with Gasteiger partial charge in [0.2, 0.25) is 0 Å². The highest BCUT2D eigenvalue weighted by Crippen LogP contribution is 2.28. The van der Waals surface area contributed by atoms with Crippen LogP contribution in [0.25, 0.3) is 0 Å². The second kappa shape index (κ2) is 7.02. The summed E-state index contributed by atoms with van der Waals surface area (Å²) < 4.78 is 13.7. The molecule has 0 bridgehead atoms. The molecule has 0 saturated heterocycles. The van der Waals surface area contributed by atoms with Crippen molar-refractivity contribution < 1.29 is 4.39 Å². The Balaban J connectivity index is 2.79. The van der Waals surface area contributed by atoms with E-state index in [0.717, 1.165) is 22.6 Å². The molecule has 96 valence electrons. The van der Waals surface area contributed by atoms with Crippen LogP contribution in [0.5, 0.6) is 0 Å². The van der Waals surface area contributed by atoms with Crippen molar-refractivity contribution in [2.24, 2.45) is 11.7 Å². The second-order valence-corrected chi connectivity index (χ2v) is 5.78. The standard InChI is InChI=1S/C14H22FNS/c1-4-10(2)9-17-14-7-5-6-13(15)12(14)8-11(3)16/h5-7,10-11H,4,8-9,16H2,1-3H3. The van der Waals surface area contributed by atoms with Crippen LogP contribution in [0.3, 0.4) is 0 Å². The van der Waals surface area contributed by atoms with Crippen LogP contribution >= 0.6 is 11.8 Å². The fourth-order valence-corrected chi connectivity index (χ4v) is 2.77. The molecule has 0 aliphatic heterocycles. The number of benzene rings is 1. The van der Waals surface area contributed by atoms with E-state index in [1.807, 2.05) is 13.0 Å². The van der Waals surface area contributed by atoms with Gasteiger partial charge in [-0.2, -0.15) is 0 Å². The zero-order chi connectivity index (χ0) is 12.8. The topological polar surface area (TPSA) is 26.0 Å². The largest absolute Gasteiger partial charge is 0.328 e. The second-order valence-electron chi connectivity index (χ2n) is 4.72. The molecule has 0 radical (unpaired) electrons. The third kappa shape index (κ3) is 4.68. The minimum Gasteiger partial charge on any atom is -0.328 e. The molecular formula is C14H22FNS. The van der Waals surface area contributed by atoms with Crippen molar-refractivity contribution in [2.45, 2.75) is 44.6 Å². The Hall–Kier alpha value is -0.540. The maximum atomic E-state index is 13.7. The number of thioether (sulfide) groups is 1. The smallest absolute Gasteiger partial charge is 0.127 e. The Labute approximate surface area is 108 Å². The van der Waals surface area contributed by atoms with Gasteiger partial charge in [-0.1, -0.05) is 26.3 Å². The van der Waals surface area contributed by atoms with Gasteiger partial charge in [0, 0.05) is 22.3 Å². The summed E-state index contributed by atoms with van der Waals surface area (Å²) >= 11 is 1.74. The minimum absolute atomic E-state index is 0.00477. The molecule has 0 spiro atoms. The number of hydrogen-bond donors (Lipinski definition) is 1. The Morgan fingerprint density at radius 1 is 1.35 bits per heavy atom. The Morgan fingerprint density at radius 3 is 2.65 bits per heavy atom. The molecule has 0 aliphatic carbocycles. The van der Waals surface area contributed by atoms with E-state index >= 15 is 0 Å². The molecule has 2 unspecified atom stereocenters. The molecule has 0 saturated carbocycles. The summed E-state index contributed by atoms with van der Waals surface area (Å²) in [5, 5.41) is 0. The Bertz CT molecular complexity index is 352. The van der Waals surface area contributed by atoms with Crippen molar-refractivity contribution in [2.75, 3.05) is 5.75 Å². The maximum Gasteiger partial charge on any atom is 0.127 e. The predicted molar refractivity (Wildman–Crippen MR) is 73.9 cm³/mol. The lowest BCUT2D eigenvalue weighted by Gasteiger charge is -2.14. The predicted octanol–water partition coefficient (Wildman–Crippen LogP) is 3.85. The van der Waals surface area contributed by atoms with E-state index in [2.05, 4.69) is 13.8 Å². The zero-order valence-electron chi connectivity index (χ0n) is 10.9. The van der Waals surface area contributed by atoms with Crippen LogP contribution in [0.1, 0.15) is 32.8 Å². The first kappa shape index (κ1) is 14.5. The molecule has 0 amide bonds. The SMILES string of the molecule is CCC(C)CSc1cccc(F)c1CC(C)N. The van der Waals surface area contributed by atoms with E-state index in [9.17, 15) is 4.39 Å². The first-order valence-electron chi connectivity index (χ1n) is 6.20. The van der Waals surface area contributed by atoms with E-state index in [1.54, 1.807) is 17.8 Å². The van der Waals surface area contributed by atoms with Crippen molar-refractivity contribution in [3.8, 4) is 0 Å². The van der Waals surface area contributed by atoms with Crippen molar-refractivity contribution in [1.29, 1.82) is 0 Å². The van der Waals surface area contributed by atoms with Gasteiger partial charge in [0.05, 0.1) is 0 Å². The van der Waals surface area contributed by atoms with Gasteiger partial charge in [-0.15, -0.1) is 11.8 Å². The van der Waals surface area contributed by atoms with Crippen LogP contribution < -0.4 is 5.73 Å². The van der Waals surface area contributed by atoms with Gasteiger partial charge < -0.3 is 5.73 Å². The van der Waals surface area contributed by atoms with Crippen LogP contribution in [0.2, 0.25) is 0 Å². The van der Waals surface area contributed by atoms with Gasteiger partial charge in [-0.3, -0.25) is 0 Å². The lowest BCUT2D eigenvalue weighted by atomic mass is 10.1. The molecule has 3 heteroatoms. The van der Waals surface area contributed by atoms with E-state index in [0.29, 0.717) is 12.3 Å². The van der Waals surface area contributed by atoms with Gasteiger partial charge in [0.25, 0.3) is 0 Å². The minimum atomic E-state index is -0.128. The molecule has 0 heterocycles. The summed E-state index contributed by atoms with van der Waals surface area (Å²) in [5.41, 5.74) is 6.54. The molecule has 2 atom stereocenters. The molecule has 1 aromatic carbocycles. The first-order chi connectivity index (χ1) is 8.04. The van der Waals surface area contributed by atoms with Gasteiger partial charge in [0.15, 0.2) is 0 Å². The molecule has 1 rings (SSSR count). The summed E-state index contributed by atoms with van der Waals surface area (Å²) in [4.78, 5) is 1.04.